The van der Waals surface area contributed by atoms with Crippen molar-refractivity contribution in [2.24, 2.45) is 13.0 Å². The van der Waals surface area contributed by atoms with E-state index >= 15 is 0 Å². The average Bonchev–Trinajstić information content (AvgIpc) is 3.02. The Balaban J connectivity index is 1.51. The van der Waals surface area contributed by atoms with Gasteiger partial charge in [-0.3, -0.25) is 9.48 Å². The van der Waals surface area contributed by atoms with Crippen LogP contribution in [0.15, 0.2) is 28.8 Å². The lowest BCUT2D eigenvalue weighted by Crippen LogP contribution is -2.26. The number of furan rings is 1. The van der Waals surface area contributed by atoms with Crippen LogP contribution in [0.1, 0.15) is 46.8 Å². The van der Waals surface area contributed by atoms with Crippen molar-refractivity contribution in [1.29, 1.82) is 0 Å². The summed E-state index contributed by atoms with van der Waals surface area (Å²) in [6.45, 7) is 4.60. The molecular weight excluding hydrogens is 316 g/mol. The van der Waals surface area contributed by atoms with Crippen molar-refractivity contribution in [2.45, 2.75) is 32.7 Å². The van der Waals surface area contributed by atoms with Crippen LogP contribution in [0.3, 0.4) is 0 Å². The van der Waals surface area contributed by atoms with Crippen molar-refractivity contribution in [2.75, 3.05) is 7.05 Å². The number of carbonyl (C=O) groups excluding carboxylic acids is 1. The highest BCUT2D eigenvalue weighted by atomic mass is 16.3. The quantitative estimate of drug-likeness (QED) is 0.732. The van der Waals surface area contributed by atoms with Gasteiger partial charge in [-0.1, -0.05) is 6.92 Å². The first-order valence-corrected chi connectivity index (χ1v) is 8.57. The SMILES string of the molecule is Cc1nn(C)c2ncc(C(=O)N(C)Cc3ccc(C4CC4C)o3)cc12. The summed E-state index contributed by atoms with van der Waals surface area (Å²) >= 11 is 0. The first-order valence-electron chi connectivity index (χ1n) is 8.57. The second-order valence-corrected chi connectivity index (χ2v) is 7.09. The lowest BCUT2D eigenvalue weighted by molar-refractivity contribution is 0.0774. The van der Waals surface area contributed by atoms with Crippen molar-refractivity contribution in [1.82, 2.24) is 19.7 Å². The fourth-order valence-corrected chi connectivity index (χ4v) is 3.35. The van der Waals surface area contributed by atoms with E-state index in [1.165, 1.54) is 6.42 Å². The molecule has 0 aliphatic heterocycles. The second-order valence-electron chi connectivity index (χ2n) is 7.09. The minimum atomic E-state index is -0.0737. The molecule has 25 heavy (non-hydrogen) atoms. The molecule has 2 atom stereocenters. The molecule has 6 nitrogen and oxygen atoms in total. The van der Waals surface area contributed by atoms with E-state index in [4.69, 9.17) is 4.42 Å². The van der Waals surface area contributed by atoms with Crippen molar-refractivity contribution in [3.63, 3.8) is 0 Å². The van der Waals surface area contributed by atoms with Gasteiger partial charge in [0.2, 0.25) is 0 Å². The number of rotatable bonds is 4. The number of aromatic nitrogens is 3. The van der Waals surface area contributed by atoms with Gasteiger partial charge in [0.15, 0.2) is 5.65 Å². The van der Waals surface area contributed by atoms with Crippen molar-refractivity contribution in [3.05, 3.63) is 47.2 Å². The lowest BCUT2D eigenvalue weighted by atomic mass is 10.2. The maximum atomic E-state index is 12.7. The van der Waals surface area contributed by atoms with Crippen molar-refractivity contribution >= 4 is 16.9 Å². The highest BCUT2D eigenvalue weighted by molar-refractivity contribution is 5.97. The standard InChI is InChI=1S/C19H22N4O2/c1-11-7-15(11)17-6-5-14(25-17)10-22(3)19(24)13-8-16-12(2)21-23(4)18(16)20-9-13/h5-6,8-9,11,15H,7,10H2,1-4H3. The third kappa shape index (κ3) is 2.81. The summed E-state index contributed by atoms with van der Waals surface area (Å²) in [7, 11) is 3.63. The van der Waals surface area contributed by atoms with Crippen LogP contribution in [0.25, 0.3) is 11.0 Å². The van der Waals surface area contributed by atoms with Crippen LogP contribution in [0.2, 0.25) is 0 Å². The lowest BCUT2D eigenvalue weighted by Gasteiger charge is -2.15. The van der Waals surface area contributed by atoms with Gasteiger partial charge in [-0.2, -0.15) is 5.10 Å². The van der Waals surface area contributed by atoms with Gasteiger partial charge in [0, 0.05) is 31.6 Å². The summed E-state index contributed by atoms with van der Waals surface area (Å²) in [4.78, 5) is 18.8. The molecule has 0 saturated heterocycles. The molecule has 4 rings (SSSR count). The van der Waals surface area contributed by atoms with Gasteiger partial charge < -0.3 is 9.32 Å². The molecule has 1 aliphatic rings. The number of aryl methyl sites for hydroxylation is 2. The maximum Gasteiger partial charge on any atom is 0.255 e. The summed E-state index contributed by atoms with van der Waals surface area (Å²) in [5.41, 5.74) is 2.22. The Morgan fingerprint density at radius 3 is 2.92 bits per heavy atom. The Bertz CT molecular complexity index is 956. The topological polar surface area (TPSA) is 64.2 Å². The normalized spacial score (nSPS) is 19.4. The van der Waals surface area contributed by atoms with E-state index in [1.807, 2.05) is 32.2 Å². The Kier molecular flexibility index (Phi) is 3.63. The van der Waals surface area contributed by atoms with E-state index in [1.54, 1.807) is 22.8 Å². The van der Waals surface area contributed by atoms with Gasteiger partial charge in [0.1, 0.15) is 11.5 Å². The van der Waals surface area contributed by atoms with Crippen molar-refractivity contribution < 1.29 is 9.21 Å². The minimum Gasteiger partial charge on any atom is -0.464 e. The Hall–Kier alpha value is -2.63. The molecule has 6 heteroatoms. The van der Waals surface area contributed by atoms with E-state index in [0.717, 1.165) is 28.2 Å². The highest BCUT2D eigenvalue weighted by Gasteiger charge is 2.36. The molecule has 1 fully saturated rings. The summed E-state index contributed by atoms with van der Waals surface area (Å²) in [5, 5.41) is 5.26. The predicted octanol–water partition coefficient (Wildman–Crippen LogP) is 3.27. The molecule has 1 amide bonds. The number of fused-ring (bicyclic) bond motifs is 1. The molecule has 1 aliphatic carbocycles. The van der Waals surface area contributed by atoms with E-state index in [0.29, 0.717) is 23.9 Å². The second kappa shape index (κ2) is 5.72. The molecule has 3 heterocycles. The predicted molar refractivity (Wildman–Crippen MR) is 94.3 cm³/mol. The number of carbonyl (C=O) groups is 1. The number of pyridine rings is 1. The number of hydrogen-bond acceptors (Lipinski definition) is 4. The smallest absolute Gasteiger partial charge is 0.255 e. The maximum absolute atomic E-state index is 12.7. The summed E-state index contributed by atoms with van der Waals surface area (Å²) in [6.07, 6.45) is 2.81. The summed E-state index contributed by atoms with van der Waals surface area (Å²) in [5.74, 6) is 3.04. The Morgan fingerprint density at radius 2 is 2.20 bits per heavy atom. The summed E-state index contributed by atoms with van der Waals surface area (Å²) < 4.78 is 7.63. The van der Waals surface area contributed by atoms with Crippen molar-refractivity contribution in [3.8, 4) is 0 Å². The Labute approximate surface area is 146 Å². The Morgan fingerprint density at radius 1 is 1.44 bits per heavy atom. The molecule has 3 aromatic rings. The monoisotopic (exact) mass is 338 g/mol. The zero-order valence-corrected chi connectivity index (χ0v) is 15.0. The van der Waals surface area contributed by atoms with Crippen LogP contribution in [0.4, 0.5) is 0 Å². The van der Waals surface area contributed by atoms with Crippen LogP contribution in [-0.4, -0.2) is 32.6 Å². The first kappa shape index (κ1) is 15.9. The molecule has 0 aromatic carbocycles. The van der Waals surface area contributed by atoms with E-state index in [-0.39, 0.29) is 5.91 Å². The van der Waals surface area contributed by atoms with E-state index < -0.39 is 0 Å². The number of hydrogen-bond donors (Lipinski definition) is 0. The largest absolute Gasteiger partial charge is 0.464 e. The van der Waals surface area contributed by atoms with Crippen LogP contribution < -0.4 is 0 Å². The molecule has 0 bridgehead atoms. The third-order valence-electron chi connectivity index (χ3n) is 5.01. The number of amides is 1. The first-order chi connectivity index (χ1) is 11.9. The van der Waals surface area contributed by atoms with Gasteiger partial charge in [-0.15, -0.1) is 0 Å². The molecule has 3 aromatic heterocycles. The zero-order chi connectivity index (χ0) is 17.7. The zero-order valence-electron chi connectivity index (χ0n) is 15.0. The minimum absolute atomic E-state index is 0.0737. The van der Waals surface area contributed by atoms with Crippen LogP contribution in [-0.2, 0) is 13.6 Å². The third-order valence-corrected chi connectivity index (χ3v) is 5.01. The van der Waals surface area contributed by atoms with E-state index in [9.17, 15) is 4.79 Å². The fourth-order valence-electron chi connectivity index (χ4n) is 3.35. The van der Waals surface area contributed by atoms with Gasteiger partial charge in [0.25, 0.3) is 5.91 Å². The summed E-state index contributed by atoms with van der Waals surface area (Å²) in [6, 6.07) is 5.87. The molecule has 2 unspecified atom stereocenters. The van der Waals surface area contributed by atoms with Crippen LogP contribution in [0.5, 0.6) is 0 Å². The van der Waals surface area contributed by atoms with E-state index in [2.05, 4.69) is 17.0 Å². The average molecular weight is 338 g/mol. The molecule has 0 N–H and O–H groups in total. The number of nitrogens with zero attached hydrogens (tertiary/aromatic N) is 4. The fraction of sp³-hybridized carbons (Fsp3) is 0.421. The molecule has 0 spiro atoms. The molecule has 1 saturated carbocycles. The van der Waals surface area contributed by atoms with Gasteiger partial charge in [-0.05, 0) is 37.5 Å². The molecule has 130 valence electrons. The van der Waals surface area contributed by atoms with Gasteiger partial charge >= 0.3 is 0 Å². The molecular formula is C19H22N4O2. The van der Waals surface area contributed by atoms with Crippen LogP contribution in [0, 0.1) is 12.8 Å². The molecule has 0 radical (unpaired) electrons. The van der Waals surface area contributed by atoms with Gasteiger partial charge in [-0.25, -0.2) is 4.98 Å². The van der Waals surface area contributed by atoms with Crippen LogP contribution >= 0.6 is 0 Å². The van der Waals surface area contributed by atoms with Gasteiger partial charge in [0.05, 0.1) is 17.8 Å². The highest BCUT2D eigenvalue weighted by Crippen LogP contribution is 2.47.